The summed E-state index contributed by atoms with van der Waals surface area (Å²) in [5.74, 6) is 0.488. The molecule has 27 heavy (non-hydrogen) atoms. The normalized spacial score (nSPS) is 19.6. The molecule has 0 radical (unpaired) electrons. The van der Waals surface area contributed by atoms with Gasteiger partial charge in [0.25, 0.3) is 0 Å². The molecule has 1 saturated carbocycles. The van der Waals surface area contributed by atoms with E-state index in [1.54, 1.807) is 24.3 Å². The number of ether oxygens (including phenoxy) is 1. The third-order valence-electron chi connectivity index (χ3n) is 5.66. The van der Waals surface area contributed by atoms with Crippen LogP contribution in [-0.4, -0.2) is 68.1 Å². The smallest absolute Gasteiger partial charge is 0.337 e. The molecule has 1 aromatic carbocycles. The van der Waals surface area contributed by atoms with Crippen LogP contribution in [0.4, 0.5) is 5.69 Å². The highest BCUT2D eigenvalue weighted by molar-refractivity contribution is 5.93. The number of amides is 1. The van der Waals surface area contributed by atoms with Crippen molar-refractivity contribution in [3.05, 3.63) is 29.8 Å². The van der Waals surface area contributed by atoms with Crippen LogP contribution in [0.25, 0.3) is 0 Å². The molecule has 6 nitrogen and oxygen atoms in total. The number of nitrogens with zero attached hydrogens (tertiary/aromatic N) is 2. The van der Waals surface area contributed by atoms with Crippen LogP contribution in [0, 0.1) is 5.92 Å². The highest BCUT2D eigenvalue weighted by Gasteiger charge is 2.22. The number of methoxy groups -OCH3 is 1. The van der Waals surface area contributed by atoms with Crippen LogP contribution in [0.3, 0.4) is 0 Å². The van der Waals surface area contributed by atoms with Crippen LogP contribution in [0.1, 0.15) is 42.5 Å². The van der Waals surface area contributed by atoms with E-state index in [0.29, 0.717) is 17.8 Å². The molecule has 0 unspecified atom stereocenters. The van der Waals surface area contributed by atoms with Crippen LogP contribution in [0.2, 0.25) is 0 Å². The predicted octanol–water partition coefficient (Wildman–Crippen LogP) is 2.61. The third kappa shape index (κ3) is 6.04. The molecule has 1 heterocycles. The fraction of sp³-hybridized carbons (Fsp3) is 0.619. The molecule has 2 fully saturated rings. The molecule has 1 aliphatic heterocycles. The molecule has 1 aromatic rings. The standard InChI is InChI=1S/C21H31N3O3/c1-27-21(26)18-7-9-19(10-8-18)22-20(25)16-24-13-11-23(12-14-24)15-17-5-3-2-4-6-17/h7-10,17H,2-6,11-16H2,1H3,(H,22,25). The first kappa shape index (κ1) is 19.8. The second kappa shape index (κ2) is 9.85. The Labute approximate surface area is 161 Å². The van der Waals surface area contributed by atoms with Crippen LogP contribution in [0.5, 0.6) is 0 Å². The molecule has 1 aliphatic carbocycles. The number of piperazine rings is 1. The lowest BCUT2D eigenvalue weighted by Gasteiger charge is -2.37. The van der Waals surface area contributed by atoms with E-state index in [0.717, 1.165) is 32.1 Å². The van der Waals surface area contributed by atoms with Gasteiger partial charge >= 0.3 is 5.97 Å². The fourth-order valence-corrected chi connectivity index (χ4v) is 4.08. The quantitative estimate of drug-likeness (QED) is 0.777. The molecule has 3 rings (SSSR count). The summed E-state index contributed by atoms with van der Waals surface area (Å²) in [5.41, 5.74) is 1.17. The summed E-state index contributed by atoms with van der Waals surface area (Å²) in [5, 5.41) is 2.90. The van der Waals surface area contributed by atoms with E-state index in [9.17, 15) is 9.59 Å². The predicted molar refractivity (Wildman–Crippen MR) is 106 cm³/mol. The van der Waals surface area contributed by atoms with E-state index in [1.807, 2.05) is 0 Å². The summed E-state index contributed by atoms with van der Waals surface area (Å²) in [6.45, 7) is 5.64. The van der Waals surface area contributed by atoms with E-state index >= 15 is 0 Å². The summed E-state index contributed by atoms with van der Waals surface area (Å²) in [4.78, 5) is 28.5. The monoisotopic (exact) mass is 373 g/mol. The van der Waals surface area contributed by atoms with Gasteiger partial charge in [-0.15, -0.1) is 0 Å². The van der Waals surface area contributed by atoms with Crippen molar-refractivity contribution < 1.29 is 14.3 Å². The highest BCUT2D eigenvalue weighted by atomic mass is 16.5. The molecule has 2 aliphatic rings. The van der Waals surface area contributed by atoms with Crippen molar-refractivity contribution in [2.24, 2.45) is 5.92 Å². The van der Waals surface area contributed by atoms with Crippen LogP contribution < -0.4 is 5.32 Å². The Morgan fingerprint density at radius 2 is 1.63 bits per heavy atom. The Bertz CT molecular complexity index is 618. The molecule has 1 N–H and O–H groups in total. The minimum atomic E-state index is -0.376. The Hall–Kier alpha value is -1.92. The van der Waals surface area contributed by atoms with Gasteiger partial charge in [-0.1, -0.05) is 19.3 Å². The Morgan fingerprint density at radius 1 is 1.00 bits per heavy atom. The summed E-state index contributed by atoms with van der Waals surface area (Å²) >= 11 is 0. The third-order valence-corrected chi connectivity index (χ3v) is 5.66. The van der Waals surface area contributed by atoms with Gasteiger partial charge in [0.2, 0.25) is 5.91 Å². The van der Waals surface area contributed by atoms with Crippen LogP contribution in [0.15, 0.2) is 24.3 Å². The first-order valence-corrected chi connectivity index (χ1v) is 10.1. The lowest BCUT2D eigenvalue weighted by atomic mass is 9.89. The molecular weight excluding hydrogens is 342 g/mol. The van der Waals surface area contributed by atoms with Crippen molar-refractivity contribution in [1.29, 1.82) is 0 Å². The second-order valence-corrected chi connectivity index (χ2v) is 7.70. The first-order chi connectivity index (χ1) is 13.1. The Kier molecular flexibility index (Phi) is 7.24. The minimum absolute atomic E-state index is 0.0125. The maximum atomic E-state index is 12.3. The number of hydrogen-bond acceptors (Lipinski definition) is 5. The summed E-state index contributed by atoms with van der Waals surface area (Å²) < 4.78 is 4.68. The fourth-order valence-electron chi connectivity index (χ4n) is 4.08. The second-order valence-electron chi connectivity index (χ2n) is 7.70. The van der Waals surface area contributed by atoms with Gasteiger partial charge in [-0.05, 0) is 43.0 Å². The van der Waals surface area contributed by atoms with Gasteiger partial charge < -0.3 is 15.0 Å². The maximum absolute atomic E-state index is 12.3. The number of nitrogens with one attached hydrogen (secondary N) is 1. The first-order valence-electron chi connectivity index (χ1n) is 10.1. The zero-order valence-corrected chi connectivity index (χ0v) is 16.3. The maximum Gasteiger partial charge on any atom is 0.337 e. The molecule has 1 amide bonds. The zero-order valence-electron chi connectivity index (χ0n) is 16.3. The van der Waals surface area contributed by atoms with Gasteiger partial charge in [0.05, 0.1) is 19.2 Å². The van der Waals surface area contributed by atoms with E-state index in [2.05, 4.69) is 19.9 Å². The number of esters is 1. The van der Waals surface area contributed by atoms with Gasteiger partial charge in [-0.3, -0.25) is 9.69 Å². The molecule has 148 valence electrons. The molecular formula is C21H31N3O3. The van der Waals surface area contributed by atoms with Crippen molar-refractivity contribution in [2.45, 2.75) is 32.1 Å². The van der Waals surface area contributed by atoms with E-state index in [4.69, 9.17) is 0 Å². The summed E-state index contributed by atoms with van der Waals surface area (Å²) in [6, 6.07) is 6.77. The summed E-state index contributed by atoms with van der Waals surface area (Å²) in [6.07, 6.45) is 6.97. The number of hydrogen-bond donors (Lipinski definition) is 1. The zero-order chi connectivity index (χ0) is 19.1. The van der Waals surface area contributed by atoms with Crippen molar-refractivity contribution >= 4 is 17.6 Å². The van der Waals surface area contributed by atoms with Gasteiger partial charge in [-0.25, -0.2) is 4.79 Å². The molecule has 0 aromatic heterocycles. The van der Waals surface area contributed by atoms with Crippen molar-refractivity contribution in [3.8, 4) is 0 Å². The highest BCUT2D eigenvalue weighted by Crippen LogP contribution is 2.24. The number of carbonyl (C=O) groups is 2. The molecule has 6 heteroatoms. The van der Waals surface area contributed by atoms with Gasteiger partial charge in [-0.2, -0.15) is 0 Å². The van der Waals surface area contributed by atoms with Crippen molar-refractivity contribution in [3.63, 3.8) is 0 Å². The summed E-state index contributed by atoms with van der Waals surface area (Å²) in [7, 11) is 1.35. The van der Waals surface area contributed by atoms with E-state index < -0.39 is 0 Å². The minimum Gasteiger partial charge on any atom is -0.465 e. The van der Waals surface area contributed by atoms with E-state index in [1.165, 1.54) is 45.8 Å². The molecule has 1 saturated heterocycles. The van der Waals surface area contributed by atoms with E-state index in [-0.39, 0.29) is 11.9 Å². The number of benzene rings is 1. The van der Waals surface area contributed by atoms with Gasteiger partial charge in [0.1, 0.15) is 0 Å². The molecule has 0 atom stereocenters. The average Bonchev–Trinajstić information content (AvgIpc) is 2.70. The molecule has 0 bridgehead atoms. The Morgan fingerprint density at radius 3 is 2.26 bits per heavy atom. The Balaban J connectivity index is 1.38. The van der Waals surface area contributed by atoms with Crippen molar-refractivity contribution in [2.75, 3.05) is 51.7 Å². The topological polar surface area (TPSA) is 61.9 Å². The van der Waals surface area contributed by atoms with Gasteiger partial charge in [0.15, 0.2) is 0 Å². The number of carbonyl (C=O) groups excluding carboxylic acids is 2. The average molecular weight is 373 g/mol. The SMILES string of the molecule is COC(=O)c1ccc(NC(=O)CN2CCN(CC3CCCCC3)CC2)cc1. The largest absolute Gasteiger partial charge is 0.465 e. The number of anilines is 1. The van der Waals surface area contributed by atoms with Crippen LogP contribution >= 0.6 is 0 Å². The number of rotatable bonds is 6. The lowest BCUT2D eigenvalue weighted by Crippen LogP contribution is -2.49. The molecule has 0 spiro atoms. The van der Waals surface area contributed by atoms with Crippen LogP contribution in [-0.2, 0) is 9.53 Å². The van der Waals surface area contributed by atoms with Gasteiger partial charge in [0, 0.05) is 38.4 Å². The lowest BCUT2D eigenvalue weighted by molar-refractivity contribution is -0.117. The van der Waals surface area contributed by atoms with Crippen molar-refractivity contribution in [1.82, 2.24) is 9.80 Å².